The summed E-state index contributed by atoms with van der Waals surface area (Å²) in [6.07, 6.45) is 19.6. The standard InChI is InChI=1S/C74H82N8O6/c1-7-13-33-83-61-41-55-56(42-62(61)84-34-14-8-2)71-78-69(55)76-67-53-32-28-50(27-31-52-39-49-24-23-47-19-21-48(22-20-47)25-29-51(52)30-26-49)40-54(53)68(75-67)77-70-57-43-63(85-35-15-9-3)64(86-36-16-10-4)44-58(57)72(79-70)81-74-60-46-66(88-38-18-12-6)65(87-37-17-11-5)45-59(60)73(80-71)82-74/h19-22,26-28,30-32,39-46H,7-18,23-25,29,33-38H2,1-6H3,(H2,75,76,77,78,79,80,81,82)/b31-27+. The van der Waals surface area contributed by atoms with Crippen molar-refractivity contribution in [2.45, 2.75) is 144 Å². The molecule has 3 aromatic heterocycles. The predicted octanol–water partition coefficient (Wildman–Crippen LogP) is 18.0. The van der Waals surface area contributed by atoms with Crippen molar-refractivity contribution >= 4 is 56.3 Å². The van der Waals surface area contributed by atoms with Crippen molar-refractivity contribution in [1.29, 1.82) is 0 Å². The van der Waals surface area contributed by atoms with E-state index < -0.39 is 0 Å². The summed E-state index contributed by atoms with van der Waals surface area (Å²) in [5, 5.41) is 3.27. The third-order valence-corrected chi connectivity index (χ3v) is 16.7. The molecule has 0 atom stereocenters. The lowest BCUT2D eigenvalue weighted by atomic mass is 9.93. The average molecular weight is 1180 g/mol. The number of hydrogen-bond donors (Lipinski definition) is 2. The topological polar surface area (TPSA) is 164 Å². The molecule has 14 heteroatoms. The van der Waals surface area contributed by atoms with E-state index in [1.807, 2.05) is 36.4 Å². The third-order valence-electron chi connectivity index (χ3n) is 16.7. The molecule has 4 aliphatic carbocycles. The fourth-order valence-corrected chi connectivity index (χ4v) is 11.4. The Bertz CT molecular complexity index is 4170. The molecule has 454 valence electrons. The normalized spacial score (nSPS) is 12.6. The second-order valence-electron chi connectivity index (χ2n) is 23.3. The van der Waals surface area contributed by atoms with Crippen molar-refractivity contribution in [2.75, 3.05) is 39.6 Å². The number of H-pyrrole nitrogens is 2. The van der Waals surface area contributed by atoms with Crippen LogP contribution >= 0.6 is 0 Å². The van der Waals surface area contributed by atoms with Gasteiger partial charge in [-0.3, -0.25) is 0 Å². The number of benzene rings is 6. The summed E-state index contributed by atoms with van der Waals surface area (Å²) in [5.41, 5.74) is 12.9. The summed E-state index contributed by atoms with van der Waals surface area (Å²) in [6, 6.07) is 34.7. The Hall–Kier alpha value is -8.78. The van der Waals surface area contributed by atoms with Gasteiger partial charge in [0.2, 0.25) is 0 Å². The highest BCUT2D eigenvalue weighted by Gasteiger charge is 2.28. The number of aromatic amines is 2. The Balaban J connectivity index is 1.12. The van der Waals surface area contributed by atoms with E-state index >= 15 is 0 Å². The number of nitrogens with zero attached hydrogens (tertiary/aromatic N) is 6. The van der Waals surface area contributed by atoms with Gasteiger partial charge in [0.05, 0.1) is 39.6 Å². The van der Waals surface area contributed by atoms with Crippen molar-refractivity contribution in [3.8, 4) is 80.0 Å². The van der Waals surface area contributed by atoms with Crippen molar-refractivity contribution in [3.63, 3.8) is 0 Å². The summed E-state index contributed by atoms with van der Waals surface area (Å²) in [7, 11) is 0. The molecule has 2 aliphatic heterocycles. The Morgan fingerprint density at radius 3 is 1.07 bits per heavy atom. The van der Waals surface area contributed by atoms with Crippen LogP contribution in [-0.4, -0.2) is 79.5 Å². The van der Waals surface area contributed by atoms with Gasteiger partial charge in [0.15, 0.2) is 57.8 Å². The van der Waals surface area contributed by atoms with Crippen molar-refractivity contribution in [3.05, 3.63) is 130 Å². The molecular formula is C74H82N8O6. The maximum absolute atomic E-state index is 6.57. The SMILES string of the molecule is CCCCOc1cc2c(cc1OCCCC)-c1nc-2nc2[nH]c(nc3nc(nc4[nH]c(n1)c1cc(OCCCC)c(OCCCC)cc41)-c1cc(OCCCC)c(OCCCC)cc1-3)c1cc(/C=C/c3cc4ccc3CCc3ccc(cc3)CC4)ccc21. The molecule has 2 N–H and O–H groups in total. The van der Waals surface area contributed by atoms with Crippen LogP contribution in [0.1, 0.15) is 152 Å². The Labute approximate surface area is 516 Å². The van der Waals surface area contributed by atoms with Crippen molar-refractivity contribution in [2.24, 2.45) is 0 Å². The highest BCUT2D eigenvalue weighted by molar-refractivity contribution is 6.08. The molecule has 12 bridgehead atoms. The molecule has 14 nitrogen and oxygen atoms in total. The molecule has 0 amide bonds. The molecule has 0 fully saturated rings. The fourth-order valence-electron chi connectivity index (χ4n) is 11.4. The van der Waals surface area contributed by atoms with Crippen molar-refractivity contribution < 1.29 is 28.4 Å². The zero-order valence-corrected chi connectivity index (χ0v) is 52.1. The van der Waals surface area contributed by atoms with Crippen LogP contribution in [0, 0.1) is 0 Å². The van der Waals surface area contributed by atoms with Gasteiger partial charge in [0, 0.05) is 43.8 Å². The molecule has 0 radical (unpaired) electrons. The van der Waals surface area contributed by atoms with E-state index in [0.717, 1.165) is 152 Å². The number of nitrogens with one attached hydrogen (secondary N) is 2. The first kappa shape index (κ1) is 59.5. The van der Waals surface area contributed by atoms with E-state index in [4.69, 9.17) is 58.3 Å². The average Bonchev–Trinajstić information content (AvgIpc) is 1.83. The molecule has 0 saturated carbocycles. The number of aryl methyl sites for hydroxylation is 4. The molecule has 5 heterocycles. The van der Waals surface area contributed by atoms with Gasteiger partial charge in [0.1, 0.15) is 22.6 Å². The number of hydrogen-bond acceptors (Lipinski definition) is 12. The number of fused-ring (bicyclic) bond motifs is 20. The minimum Gasteiger partial charge on any atom is -0.490 e. The maximum Gasteiger partial charge on any atom is 0.164 e. The smallest absolute Gasteiger partial charge is 0.164 e. The van der Waals surface area contributed by atoms with Crippen molar-refractivity contribution in [1.82, 2.24) is 39.9 Å². The number of rotatable bonds is 26. The summed E-state index contributed by atoms with van der Waals surface area (Å²) >= 11 is 0. The second-order valence-corrected chi connectivity index (χ2v) is 23.3. The van der Waals surface area contributed by atoms with E-state index in [1.165, 1.54) is 27.8 Å². The largest absolute Gasteiger partial charge is 0.490 e. The third kappa shape index (κ3) is 13.2. The van der Waals surface area contributed by atoms with E-state index in [-0.39, 0.29) is 0 Å². The molecule has 9 aromatic rings. The van der Waals surface area contributed by atoms with E-state index in [2.05, 4.69) is 124 Å². The minimum atomic E-state index is 0.446. The van der Waals surface area contributed by atoms with Gasteiger partial charge < -0.3 is 38.4 Å². The van der Waals surface area contributed by atoms with Crippen LogP contribution in [0.3, 0.4) is 0 Å². The van der Waals surface area contributed by atoms with Gasteiger partial charge in [-0.1, -0.05) is 141 Å². The molecular weight excluding hydrogens is 1100 g/mol. The molecule has 0 spiro atoms. The minimum absolute atomic E-state index is 0.446. The Morgan fingerprint density at radius 1 is 0.330 bits per heavy atom. The van der Waals surface area contributed by atoms with Gasteiger partial charge in [0.25, 0.3) is 0 Å². The first-order valence-electron chi connectivity index (χ1n) is 32.5. The maximum atomic E-state index is 6.57. The molecule has 15 rings (SSSR count). The summed E-state index contributed by atoms with van der Waals surface area (Å²) in [5.74, 6) is 5.61. The Kier molecular flexibility index (Phi) is 18.9. The van der Waals surface area contributed by atoms with Crippen LogP contribution in [0.2, 0.25) is 0 Å². The summed E-state index contributed by atoms with van der Waals surface area (Å²) in [4.78, 5) is 40.1. The van der Waals surface area contributed by atoms with Gasteiger partial charge in [-0.2, -0.15) is 0 Å². The first-order valence-corrected chi connectivity index (χ1v) is 32.5. The van der Waals surface area contributed by atoms with E-state index in [9.17, 15) is 0 Å². The molecule has 0 unspecified atom stereocenters. The highest BCUT2D eigenvalue weighted by atomic mass is 16.5. The highest BCUT2D eigenvalue weighted by Crippen LogP contribution is 2.46. The van der Waals surface area contributed by atoms with Crippen LogP contribution in [0.15, 0.2) is 97.1 Å². The molecule has 6 aromatic carbocycles. The lowest BCUT2D eigenvalue weighted by molar-refractivity contribution is 0.262. The van der Waals surface area contributed by atoms with Gasteiger partial charge in [-0.15, -0.1) is 0 Å². The van der Waals surface area contributed by atoms with Crippen LogP contribution in [0.4, 0.5) is 0 Å². The molecule has 0 saturated heterocycles. The summed E-state index contributed by atoms with van der Waals surface area (Å²) < 4.78 is 39.4. The van der Waals surface area contributed by atoms with Crippen LogP contribution in [0.25, 0.3) is 102 Å². The van der Waals surface area contributed by atoms with Crippen LogP contribution in [-0.2, 0) is 25.7 Å². The lowest BCUT2D eigenvalue weighted by Crippen LogP contribution is -2.03. The van der Waals surface area contributed by atoms with Gasteiger partial charge in [-0.05, 0) is 146 Å². The number of aromatic nitrogens is 8. The number of unbranched alkanes of at least 4 members (excludes halogenated alkanes) is 6. The lowest BCUT2D eigenvalue weighted by Gasteiger charge is -2.14. The fraction of sp³-hybridized carbons (Fsp3) is 0.378. The summed E-state index contributed by atoms with van der Waals surface area (Å²) in [6.45, 7) is 16.2. The predicted molar refractivity (Wildman–Crippen MR) is 355 cm³/mol. The quantitative estimate of drug-likeness (QED) is 0.0390. The van der Waals surface area contributed by atoms with Gasteiger partial charge in [-0.25, -0.2) is 29.9 Å². The zero-order valence-electron chi connectivity index (χ0n) is 52.1. The molecule has 88 heavy (non-hydrogen) atoms. The molecule has 6 aliphatic rings. The second kappa shape index (κ2) is 27.9. The zero-order chi connectivity index (χ0) is 60.3. The van der Waals surface area contributed by atoms with Gasteiger partial charge >= 0.3 is 0 Å². The van der Waals surface area contributed by atoms with E-state index in [0.29, 0.717) is 120 Å². The van der Waals surface area contributed by atoms with E-state index in [1.54, 1.807) is 0 Å². The Morgan fingerprint density at radius 2 is 0.670 bits per heavy atom. The van der Waals surface area contributed by atoms with Crippen LogP contribution < -0.4 is 28.4 Å². The van der Waals surface area contributed by atoms with Crippen LogP contribution in [0.5, 0.6) is 34.5 Å². The monoisotopic (exact) mass is 1180 g/mol. The first-order chi connectivity index (χ1) is 43.3. The number of ether oxygens (including phenoxy) is 6.